The second kappa shape index (κ2) is 7.43. The van der Waals surface area contributed by atoms with Crippen LogP contribution in [0.1, 0.15) is 18.9 Å². The molecule has 1 aliphatic rings. The number of pyridine rings is 1. The summed E-state index contributed by atoms with van der Waals surface area (Å²) in [6, 6.07) is 4.07. The molecule has 0 amide bonds. The molecule has 1 atom stereocenters. The molecular weight excluding hydrogens is 242 g/mol. The minimum absolute atomic E-state index is 0.0623. The Hall–Kier alpha value is -1.17. The fourth-order valence-electron chi connectivity index (χ4n) is 2.28. The van der Waals surface area contributed by atoms with Crippen LogP contribution < -0.4 is 10.2 Å². The number of aromatic nitrogens is 1. The first-order valence-corrected chi connectivity index (χ1v) is 6.97. The van der Waals surface area contributed by atoms with Crippen LogP contribution in [0, 0.1) is 0 Å². The van der Waals surface area contributed by atoms with Crippen molar-refractivity contribution < 1.29 is 9.84 Å². The highest BCUT2D eigenvalue weighted by atomic mass is 16.5. The van der Waals surface area contributed by atoms with Crippen LogP contribution in [0.15, 0.2) is 18.3 Å². The van der Waals surface area contributed by atoms with E-state index in [1.165, 1.54) is 5.56 Å². The molecule has 2 rings (SSSR count). The molecule has 5 heteroatoms. The quantitative estimate of drug-likeness (QED) is 0.744. The highest BCUT2D eigenvalue weighted by Gasteiger charge is 2.22. The maximum absolute atomic E-state index is 9.21. The minimum atomic E-state index is -0.104. The fraction of sp³-hybridized carbons (Fsp3) is 0.643. The van der Waals surface area contributed by atoms with Gasteiger partial charge < -0.3 is 20.1 Å². The molecule has 2 heterocycles. The van der Waals surface area contributed by atoms with Crippen LogP contribution >= 0.6 is 0 Å². The first-order chi connectivity index (χ1) is 9.35. The third-order valence-electron chi connectivity index (χ3n) is 3.25. The van der Waals surface area contributed by atoms with Crippen molar-refractivity contribution in [1.29, 1.82) is 0 Å². The van der Waals surface area contributed by atoms with Crippen molar-refractivity contribution >= 4 is 5.82 Å². The van der Waals surface area contributed by atoms with E-state index in [9.17, 15) is 5.11 Å². The number of hydrogen-bond acceptors (Lipinski definition) is 5. The number of ether oxygens (including phenoxy) is 1. The summed E-state index contributed by atoms with van der Waals surface area (Å²) in [4.78, 5) is 6.70. The summed E-state index contributed by atoms with van der Waals surface area (Å²) in [6.07, 6.45) is 2.84. The summed E-state index contributed by atoms with van der Waals surface area (Å²) in [5.41, 5.74) is 1.20. The average Bonchev–Trinajstić information content (AvgIpc) is 2.48. The van der Waals surface area contributed by atoms with Gasteiger partial charge in [-0.25, -0.2) is 4.98 Å². The summed E-state index contributed by atoms with van der Waals surface area (Å²) in [7, 11) is 0. The van der Waals surface area contributed by atoms with Crippen LogP contribution in [-0.2, 0) is 11.3 Å². The van der Waals surface area contributed by atoms with Gasteiger partial charge in [0.25, 0.3) is 0 Å². The molecular formula is C14H23N3O2. The van der Waals surface area contributed by atoms with Crippen LogP contribution in [0.4, 0.5) is 5.82 Å². The van der Waals surface area contributed by atoms with E-state index in [4.69, 9.17) is 4.74 Å². The Morgan fingerprint density at radius 3 is 3.26 bits per heavy atom. The zero-order valence-corrected chi connectivity index (χ0v) is 11.5. The van der Waals surface area contributed by atoms with Gasteiger partial charge in [-0.05, 0) is 19.0 Å². The number of aliphatic hydroxyl groups is 1. The number of anilines is 1. The van der Waals surface area contributed by atoms with Crippen LogP contribution in [0.25, 0.3) is 0 Å². The molecule has 0 bridgehead atoms. The largest absolute Gasteiger partial charge is 0.394 e. The summed E-state index contributed by atoms with van der Waals surface area (Å²) in [5, 5.41) is 12.6. The van der Waals surface area contributed by atoms with Gasteiger partial charge in [0.05, 0.1) is 19.3 Å². The van der Waals surface area contributed by atoms with E-state index in [-0.39, 0.29) is 12.7 Å². The first-order valence-electron chi connectivity index (χ1n) is 6.97. The average molecular weight is 265 g/mol. The Labute approximate surface area is 114 Å². The SMILES string of the molecule is CCCNCc1cccnc1N1CCOC(CO)C1. The predicted molar refractivity (Wildman–Crippen MR) is 75.3 cm³/mol. The second-order valence-corrected chi connectivity index (χ2v) is 4.78. The molecule has 2 N–H and O–H groups in total. The Morgan fingerprint density at radius 2 is 2.47 bits per heavy atom. The van der Waals surface area contributed by atoms with Crippen molar-refractivity contribution in [3.8, 4) is 0 Å². The highest BCUT2D eigenvalue weighted by molar-refractivity contribution is 5.47. The Kier molecular flexibility index (Phi) is 5.57. The Balaban J connectivity index is 2.05. The normalized spacial score (nSPS) is 19.7. The molecule has 1 aromatic rings. The third kappa shape index (κ3) is 3.89. The molecule has 106 valence electrons. The standard InChI is InChI=1S/C14H23N3O2/c1-2-5-15-9-12-4-3-6-16-14(12)17-7-8-19-13(10-17)11-18/h3-4,6,13,15,18H,2,5,7-11H2,1H3. The molecule has 0 aliphatic carbocycles. The van der Waals surface area contributed by atoms with Crippen molar-refractivity contribution in [2.45, 2.75) is 26.0 Å². The molecule has 0 radical (unpaired) electrons. The van der Waals surface area contributed by atoms with Crippen molar-refractivity contribution in [2.24, 2.45) is 0 Å². The highest BCUT2D eigenvalue weighted by Crippen LogP contribution is 2.19. The van der Waals surface area contributed by atoms with Crippen LogP contribution in [0.3, 0.4) is 0 Å². The molecule has 5 nitrogen and oxygen atoms in total. The zero-order valence-electron chi connectivity index (χ0n) is 11.5. The number of nitrogens with zero attached hydrogens (tertiary/aromatic N) is 2. The van der Waals surface area contributed by atoms with Gasteiger partial charge in [0, 0.05) is 31.4 Å². The van der Waals surface area contributed by atoms with Crippen LogP contribution in [-0.4, -0.2) is 49.0 Å². The molecule has 0 spiro atoms. The number of nitrogens with one attached hydrogen (secondary N) is 1. The number of hydrogen-bond donors (Lipinski definition) is 2. The predicted octanol–water partition coefficient (Wildman–Crippen LogP) is 0.779. The lowest BCUT2D eigenvalue weighted by molar-refractivity contribution is 0.00331. The van der Waals surface area contributed by atoms with Gasteiger partial charge in [0.1, 0.15) is 5.82 Å². The molecule has 1 unspecified atom stereocenters. The smallest absolute Gasteiger partial charge is 0.133 e. The second-order valence-electron chi connectivity index (χ2n) is 4.78. The molecule has 1 aliphatic heterocycles. The summed E-state index contributed by atoms with van der Waals surface area (Å²) in [5.74, 6) is 1.01. The Morgan fingerprint density at radius 1 is 1.58 bits per heavy atom. The zero-order chi connectivity index (χ0) is 13.5. The van der Waals surface area contributed by atoms with Crippen molar-refractivity contribution in [3.05, 3.63) is 23.9 Å². The lowest BCUT2D eigenvalue weighted by atomic mass is 10.2. The molecule has 19 heavy (non-hydrogen) atoms. The monoisotopic (exact) mass is 265 g/mol. The van der Waals surface area contributed by atoms with E-state index < -0.39 is 0 Å². The van der Waals surface area contributed by atoms with E-state index >= 15 is 0 Å². The maximum Gasteiger partial charge on any atom is 0.133 e. The van der Waals surface area contributed by atoms with Crippen molar-refractivity contribution in [1.82, 2.24) is 10.3 Å². The first kappa shape index (κ1) is 14.2. The van der Waals surface area contributed by atoms with E-state index in [0.717, 1.165) is 31.9 Å². The molecule has 1 saturated heterocycles. The topological polar surface area (TPSA) is 57.6 Å². The van der Waals surface area contributed by atoms with Gasteiger partial charge in [-0.3, -0.25) is 0 Å². The molecule has 0 saturated carbocycles. The van der Waals surface area contributed by atoms with E-state index in [2.05, 4.69) is 28.2 Å². The van der Waals surface area contributed by atoms with Gasteiger partial charge >= 0.3 is 0 Å². The lowest BCUT2D eigenvalue weighted by Gasteiger charge is -2.34. The summed E-state index contributed by atoms with van der Waals surface area (Å²) >= 11 is 0. The molecule has 1 aromatic heterocycles. The molecule has 1 fully saturated rings. The summed E-state index contributed by atoms with van der Waals surface area (Å²) < 4.78 is 5.48. The van der Waals surface area contributed by atoms with Gasteiger partial charge in [-0.2, -0.15) is 0 Å². The van der Waals surface area contributed by atoms with Crippen LogP contribution in [0.5, 0.6) is 0 Å². The van der Waals surface area contributed by atoms with E-state index in [0.29, 0.717) is 13.2 Å². The van der Waals surface area contributed by atoms with E-state index in [1.807, 2.05) is 12.3 Å². The minimum Gasteiger partial charge on any atom is -0.394 e. The maximum atomic E-state index is 9.21. The number of rotatable bonds is 6. The Bertz CT molecular complexity index is 387. The fourth-order valence-corrected chi connectivity index (χ4v) is 2.28. The van der Waals surface area contributed by atoms with Crippen molar-refractivity contribution in [3.63, 3.8) is 0 Å². The van der Waals surface area contributed by atoms with Crippen molar-refractivity contribution in [2.75, 3.05) is 37.7 Å². The number of morpholine rings is 1. The van der Waals surface area contributed by atoms with E-state index in [1.54, 1.807) is 0 Å². The van der Waals surface area contributed by atoms with Gasteiger partial charge in [-0.1, -0.05) is 13.0 Å². The van der Waals surface area contributed by atoms with Crippen LogP contribution in [0.2, 0.25) is 0 Å². The summed E-state index contributed by atoms with van der Waals surface area (Å²) in [6.45, 7) is 6.23. The molecule has 0 aromatic carbocycles. The van der Waals surface area contributed by atoms with Gasteiger partial charge in [-0.15, -0.1) is 0 Å². The number of aliphatic hydroxyl groups excluding tert-OH is 1. The lowest BCUT2D eigenvalue weighted by Crippen LogP contribution is -2.45. The third-order valence-corrected chi connectivity index (χ3v) is 3.25. The van der Waals surface area contributed by atoms with Gasteiger partial charge in [0.2, 0.25) is 0 Å². The van der Waals surface area contributed by atoms with Gasteiger partial charge in [0.15, 0.2) is 0 Å².